The van der Waals surface area contributed by atoms with Crippen molar-refractivity contribution in [1.82, 2.24) is 0 Å². The molecule has 0 rings (SSSR count). The van der Waals surface area contributed by atoms with Gasteiger partial charge in [0, 0.05) is 19.5 Å². The van der Waals surface area contributed by atoms with Crippen LogP contribution in [0.25, 0.3) is 0 Å². The molecule has 0 aromatic rings. The fourth-order valence-electron chi connectivity index (χ4n) is 0.671. The van der Waals surface area contributed by atoms with E-state index >= 15 is 0 Å². The first kappa shape index (κ1) is 15.8. The summed E-state index contributed by atoms with van der Waals surface area (Å²) in [7, 11) is 0. The number of rotatable bonds is 5. The maximum Gasteiger partial charge on any atom is 0.111 e. The van der Waals surface area contributed by atoms with Crippen molar-refractivity contribution in [3.63, 3.8) is 0 Å². The summed E-state index contributed by atoms with van der Waals surface area (Å²) in [6.45, 7) is -1.45. The molecule has 0 aromatic carbocycles. The van der Waals surface area contributed by atoms with Gasteiger partial charge in [0.1, 0.15) is 24.4 Å². The maximum atomic E-state index is 8.96. The minimum Gasteiger partial charge on any atom is -0.394 e. The van der Waals surface area contributed by atoms with Gasteiger partial charge < -0.3 is 30.6 Å². The molecule has 6 N–H and O–H groups in total. The van der Waals surface area contributed by atoms with Gasteiger partial charge in [-0.1, -0.05) is 0 Å². The molecule has 0 aliphatic heterocycles. The van der Waals surface area contributed by atoms with Crippen LogP contribution < -0.4 is 0 Å². The molecule has 0 radical (unpaired) electrons. The van der Waals surface area contributed by atoms with Crippen LogP contribution in [-0.4, -0.2) is 68.3 Å². The maximum absolute atomic E-state index is 8.96. The molecule has 0 aromatic heterocycles. The second-order valence-corrected chi connectivity index (χ2v) is 2.48. The predicted octanol–water partition coefficient (Wildman–Crippen LogP) is -3.59. The van der Waals surface area contributed by atoms with Crippen molar-refractivity contribution in [3.8, 4) is 0 Å². The van der Waals surface area contributed by atoms with Gasteiger partial charge in [-0.3, -0.25) is 0 Å². The molecule has 4 atom stereocenters. The summed E-state index contributed by atoms with van der Waals surface area (Å²) in [4.78, 5) is 0. The Morgan fingerprint density at radius 3 is 1.08 bits per heavy atom. The third kappa shape index (κ3) is 4.97. The molecular weight excluding hydrogens is 269 g/mol. The number of aliphatic hydroxyl groups excluding tert-OH is 6. The molecule has 0 amide bonds. The molecule has 0 spiro atoms. The molecule has 0 aliphatic carbocycles. The van der Waals surface area contributed by atoms with Crippen LogP contribution in [0.3, 0.4) is 0 Å². The molecular formula is C6H14O6Ru. The summed E-state index contributed by atoms with van der Waals surface area (Å²) in [5.74, 6) is 0. The molecule has 0 bridgehead atoms. The van der Waals surface area contributed by atoms with Gasteiger partial charge in [-0.25, -0.2) is 0 Å². The summed E-state index contributed by atoms with van der Waals surface area (Å²) in [5, 5.41) is 52.2. The van der Waals surface area contributed by atoms with Crippen molar-refractivity contribution in [2.45, 2.75) is 24.4 Å². The summed E-state index contributed by atoms with van der Waals surface area (Å²) < 4.78 is 0. The van der Waals surface area contributed by atoms with Crippen LogP contribution in [0.15, 0.2) is 0 Å². The molecule has 0 saturated carbocycles. The van der Waals surface area contributed by atoms with Crippen LogP contribution in [0.1, 0.15) is 0 Å². The second kappa shape index (κ2) is 7.76. The van der Waals surface area contributed by atoms with E-state index in [0.717, 1.165) is 0 Å². The molecule has 82 valence electrons. The van der Waals surface area contributed by atoms with Gasteiger partial charge in [0.25, 0.3) is 0 Å². The Morgan fingerprint density at radius 1 is 0.692 bits per heavy atom. The largest absolute Gasteiger partial charge is 0.394 e. The fraction of sp³-hybridized carbons (Fsp3) is 1.00. The molecule has 0 heterocycles. The van der Waals surface area contributed by atoms with Crippen LogP contribution in [0, 0.1) is 0 Å². The molecule has 0 aliphatic rings. The molecule has 0 fully saturated rings. The first-order valence-electron chi connectivity index (χ1n) is 3.48. The van der Waals surface area contributed by atoms with E-state index in [0.29, 0.717) is 0 Å². The van der Waals surface area contributed by atoms with E-state index in [2.05, 4.69) is 0 Å². The molecule has 0 saturated heterocycles. The number of hydrogen-bond acceptors (Lipinski definition) is 6. The van der Waals surface area contributed by atoms with E-state index < -0.39 is 37.6 Å². The Bertz CT molecular complexity index is 110. The predicted molar refractivity (Wildman–Crippen MR) is 38.2 cm³/mol. The average molecular weight is 283 g/mol. The zero-order valence-electron chi connectivity index (χ0n) is 6.76. The minimum atomic E-state index is -1.67. The molecule has 13 heavy (non-hydrogen) atoms. The second-order valence-electron chi connectivity index (χ2n) is 2.48. The average Bonchev–Trinajstić information content (AvgIpc) is 2.12. The van der Waals surface area contributed by atoms with Crippen molar-refractivity contribution in [2.75, 3.05) is 13.2 Å². The molecule has 0 unspecified atom stereocenters. The first-order chi connectivity index (χ1) is 5.54. The number of aliphatic hydroxyl groups is 6. The van der Waals surface area contributed by atoms with Crippen molar-refractivity contribution in [3.05, 3.63) is 0 Å². The van der Waals surface area contributed by atoms with Crippen molar-refractivity contribution in [1.29, 1.82) is 0 Å². The van der Waals surface area contributed by atoms with E-state index in [1.165, 1.54) is 0 Å². The van der Waals surface area contributed by atoms with E-state index in [1.807, 2.05) is 0 Å². The fourth-order valence-corrected chi connectivity index (χ4v) is 0.671. The summed E-state index contributed by atoms with van der Waals surface area (Å²) in [5.41, 5.74) is 0. The van der Waals surface area contributed by atoms with Gasteiger partial charge in [0.2, 0.25) is 0 Å². The first-order valence-corrected chi connectivity index (χ1v) is 3.48. The van der Waals surface area contributed by atoms with Gasteiger partial charge >= 0.3 is 0 Å². The van der Waals surface area contributed by atoms with Crippen LogP contribution in [-0.2, 0) is 19.5 Å². The minimum absolute atomic E-state index is 0. The Hall–Kier alpha value is 0.383. The van der Waals surface area contributed by atoms with E-state index in [4.69, 9.17) is 30.6 Å². The third-order valence-corrected chi connectivity index (χ3v) is 1.51. The van der Waals surface area contributed by atoms with Crippen LogP contribution in [0.4, 0.5) is 0 Å². The molecule has 7 heteroatoms. The van der Waals surface area contributed by atoms with Crippen molar-refractivity contribution >= 4 is 0 Å². The smallest absolute Gasteiger partial charge is 0.111 e. The Balaban J connectivity index is 0. The normalized spacial score (nSPS) is 19.8. The topological polar surface area (TPSA) is 121 Å². The van der Waals surface area contributed by atoms with Gasteiger partial charge in [-0.05, 0) is 0 Å². The zero-order chi connectivity index (χ0) is 9.72. The van der Waals surface area contributed by atoms with Gasteiger partial charge in [-0.15, -0.1) is 0 Å². The van der Waals surface area contributed by atoms with Gasteiger partial charge in [-0.2, -0.15) is 0 Å². The van der Waals surface area contributed by atoms with Crippen LogP contribution >= 0.6 is 0 Å². The SMILES string of the molecule is OC[C@@H](O)[C@@H](O)[C@H](O)[C@@H](O)CO.[Ru]. The van der Waals surface area contributed by atoms with Crippen molar-refractivity contribution in [2.24, 2.45) is 0 Å². The zero-order valence-corrected chi connectivity index (χ0v) is 8.50. The van der Waals surface area contributed by atoms with Gasteiger partial charge in [0.15, 0.2) is 0 Å². The van der Waals surface area contributed by atoms with Crippen LogP contribution in [0.2, 0.25) is 0 Å². The van der Waals surface area contributed by atoms with E-state index in [-0.39, 0.29) is 19.5 Å². The number of hydrogen-bond donors (Lipinski definition) is 6. The Morgan fingerprint density at radius 2 is 0.923 bits per heavy atom. The van der Waals surface area contributed by atoms with E-state index in [1.54, 1.807) is 0 Å². The summed E-state index contributed by atoms with van der Waals surface area (Å²) in [6.07, 6.45) is -6.39. The monoisotopic (exact) mass is 284 g/mol. The Kier molecular flexibility index (Phi) is 9.45. The molecule has 6 nitrogen and oxygen atoms in total. The van der Waals surface area contributed by atoms with Gasteiger partial charge in [0.05, 0.1) is 13.2 Å². The quantitative estimate of drug-likeness (QED) is 0.290. The summed E-state index contributed by atoms with van der Waals surface area (Å²) >= 11 is 0. The van der Waals surface area contributed by atoms with Crippen molar-refractivity contribution < 1.29 is 50.1 Å². The standard InChI is InChI=1S/C6H14O6.Ru/c7-1-3(9)5(11)6(12)4(10)2-8;/h3-12H,1-2H2;/t3-,4+,5-,6-;/m1./s1. The Labute approximate surface area is 88.2 Å². The van der Waals surface area contributed by atoms with E-state index in [9.17, 15) is 0 Å². The third-order valence-electron chi connectivity index (χ3n) is 1.51. The van der Waals surface area contributed by atoms with Crippen LogP contribution in [0.5, 0.6) is 0 Å². The summed E-state index contributed by atoms with van der Waals surface area (Å²) in [6, 6.07) is 0.